The van der Waals surface area contributed by atoms with Crippen molar-refractivity contribution in [3.05, 3.63) is 58.4 Å². The number of carbonyl (C=O) groups excluding carboxylic acids is 2. The van der Waals surface area contributed by atoms with E-state index in [1.807, 2.05) is 6.92 Å². The largest absolute Gasteiger partial charge is 0.387 e. The summed E-state index contributed by atoms with van der Waals surface area (Å²) in [5.41, 5.74) is 3.55. The SMILES string of the molecule is C[C@H]1CC2C[C@@H](S(=O)(=O)c3cc(C(=O)Nc4cc(F)c(F)c(F)c4)ccc3Cl)CC1[C@@]2(O)CNC(=O)CN. The third-order valence-corrected chi connectivity index (χ3v) is 10.3. The predicted molar refractivity (Wildman–Crippen MR) is 134 cm³/mol. The first-order valence-corrected chi connectivity index (χ1v) is 13.9. The standard InChI is InChI=1S/C25H27ClF3N3O5S/c1-12-4-14-6-16(9-17(12)25(14,35)11-31-22(33)10-30)38(36,37)21-5-13(2-3-18(21)26)24(34)32-15-7-19(27)23(29)20(28)8-15/h2-3,5,7-8,12,14,16-17,35H,4,6,9-11,30H2,1H3,(H,31,33)(H,32,34)/t12-,14?,16+,17?,25+/m0/s1. The Labute approximate surface area is 222 Å². The van der Waals surface area contributed by atoms with Crippen LogP contribution in [0.25, 0.3) is 0 Å². The van der Waals surface area contributed by atoms with Crippen LogP contribution in [0.15, 0.2) is 35.2 Å². The van der Waals surface area contributed by atoms with Gasteiger partial charge in [0.15, 0.2) is 27.3 Å². The molecule has 13 heteroatoms. The highest BCUT2D eigenvalue weighted by Crippen LogP contribution is 2.54. The minimum atomic E-state index is -4.08. The quantitative estimate of drug-likeness (QED) is 0.376. The van der Waals surface area contributed by atoms with Gasteiger partial charge in [-0.2, -0.15) is 0 Å². The number of aliphatic hydroxyl groups is 1. The molecule has 0 radical (unpaired) electrons. The van der Waals surface area contributed by atoms with Crippen LogP contribution in [-0.2, 0) is 14.6 Å². The molecule has 5 atom stereocenters. The number of halogens is 4. The van der Waals surface area contributed by atoms with E-state index in [-0.39, 0.29) is 53.0 Å². The van der Waals surface area contributed by atoms with Crippen LogP contribution in [0.2, 0.25) is 5.02 Å². The van der Waals surface area contributed by atoms with Gasteiger partial charge in [-0.25, -0.2) is 21.6 Å². The van der Waals surface area contributed by atoms with Crippen LogP contribution in [0.5, 0.6) is 0 Å². The Balaban J connectivity index is 1.57. The maximum absolute atomic E-state index is 13.7. The van der Waals surface area contributed by atoms with Crippen molar-refractivity contribution in [2.75, 3.05) is 18.4 Å². The van der Waals surface area contributed by atoms with E-state index in [1.165, 1.54) is 12.1 Å². The van der Waals surface area contributed by atoms with Crippen molar-refractivity contribution in [3.8, 4) is 0 Å². The van der Waals surface area contributed by atoms with Crippen LogP contribution in [-0.4, -0.2) is 49.3 Å². The zero-order valence-corrected chi connectivity index (χ0v) is 21.9. The number of fused-ring (bicyclic) bond motifs is 2. The van der Waals surface area contributed by atoms with Crippen LogP contribution < -0.4 is 16.4 Å². The molecule has 5 N–H and O–H groups in total. The van der Waals surface area contributed by atoms with Crippen LogP contribution in [0.4, 0.5) is 18.9 Å². The lowest BCUT2D eigenvalue weighted by Crippen LogP contribution is -2.55. The van der Waals surface area contributed by atoms with Gasteiger partial charge < -0.3 is 21.5 Å². The minimum Gasteiger partial charge on any atom is -0.387 e. The van der Waals surface area contributed by atoms with Gasteiger partial charge in [0.2, 0.25) is 5.91 Å². The van der Waals surface area contributed by atoms with Gasteiger partial charge in [-0.05, 0) is 55.2 Å². The first kappa shape index (κ1) is 28.3. The molecule has 2 saturated carbocycles. The molecule has 2 aromatic rings. The fraction of sp³-hybridized carbons (Fsp3) is 0.440. The number of nitrogens with one attached hydrogen (secondary N) is 2. The van der Waals surface area contributed by atoms with Crippen LogP contribution in [0, 0.1) is 35.2 Å². The zero-order valence-electron chi connectivity index (χ0n) is 20.3. The minimum absolute atomic E-state index is 0.00376. The summed E-state index contributed by atoms with van der Waals surface area (Å²) in [6, 6.07) is 4.75. The molecule has 2 amide bonds. The van der Waals surface area contributed by atoms with Crippen molar-refractivity contribution in [1.29, 1.82) is 0 Å². The molecular weight excluding hydrogens is 547 g/mol. The third-order valence-electron chi connectivity index (χ3n) is 7.69. The highest BCUT2D eigenvalue weighted by atomic mass is 35.5. The number of carbonyl (C=O) groups is 2. The first-order chi connectivity index (χ1) is 17.8. The number of benzene rings is 2. The Morgan fingerprint density at radius 2 is 1.79 bits per heavy atom. The van der Waals surface area contributed by atoms with E-state index in [1.54, 1.807) is 0 Å². The lowest BCUT2D eigenvalue weighted by Gasteiger charge is -2.43. The fourth-order valence-electron chi connectivity index (χ4n) is 5.76. The maximum atomic E-state index is 13.7. The number of amides is 2. The van der Waals surface area contributed by atoms with Crippen molar-refractivity contribution in [2.24, 2.45) is 23.5 Å². The molecule has 4 rings (SSSR count). The average Bonchev–Trinajstić information content (AvgIpc) is 2.98. The van der Waals surface area contributed by atoms with Crippen LogP contribution in [0.3, 0.4) is 0 Å². The molecule has 0 saturated heterocycles. The Morgan fingerprint density at radius 3 is 2.39 bits per heavy atom. The Hall–Kier alpha value is -2.67. The topological polar surface area (TPSA) is 139 Å². The van der Waals surface area contributed by atoms with Gasteiger partial charge >= 0.3 is 0 Å². The summed E-state index contributed by atoms with van der Waals surface area (Å²) in [6.07, 6.45) is 0.821. The molecule has 2 bridgehead atoms. The van der Waals surface area contributed by atoms with Crippen LogP contribution >= 0.6 is 11.6 Å². The molecule has 2 aliphatic rings. The summed E-state index contributed by atoms with van der Waals surface area (Å²) in [7, 11) is -4.08. The summed E-state index contributed by atoms with van der Waals surface area (Å²) in [4.78, 5) is 24.1. The summed E-state index contributed by atoms with van der Waals surface area (Å²) in [5.74, 6) is -6.79. The molecule has 8 nitrogen and oxygen atoms in total. The van der Waals surface area contributed by atoms with E-state index in [0.29, 0.717) is 18.6 Å². The number of sulfone groups is 1. The van der Waals surface area contributed by atoms with E-state index in [4.69, 9.17) is 17.3 Å². The van der Waals surface area contributed by atoms with Gasteiger partial charge in [-0.1, -0.05) is 18.5 Å². The fourth-order valence-corrected chi connectivity index (χ4v) is 8.14. The molecule has 0 aliphatic heterocycles. The van der Waals surface area contributed by atoms with Gasteiger partial charge in [0.05, 0.1) is 27.3 Å². The van der Waals surface area contributed by atoms with E-state index in [2.05, 4.69) is 10.6 Å². The monoisotopic (exact) mass is 573 g/mol. The molecule has 206 valence electrons. The summed E-state index contributed by atoms with van der Waals surface area (Å²) in [5, 5.41) is 15.2. The predicted octanol–water partition coefficient (Wildman–Crippen LogP) is 3.02. The van der Waals surface area contributed by atoms with Gasteiger partial charge in [-0.3, -0.25) is 9.59 Å². The lowest BCUT2D eigenvalue weighted by atomic mass is 9.73. The summed E-state index contributed by atoms with van der Waals surface area (Å²) < 4.78 is 67.6. The van der Waals surface area contributed by atoms with Gasteiger partial charge in [0, 0.05) is 29.9 Å². The molecular formula is C25H27ClF3N3O5S. The third kappa shape index (κ3) is 5.14. The number of hydrogen-bond acceptors (Lipinski definition) is 6. The smallest absolute Gasteiger partial charge is 0.255 e. The lowest BCUT2D eigenvalue weighted by molar-refractivity contribution is -0.123. The number of nitrogens with two attached hydrogens (primary N) is 1. The zero-order chi connectivity index (χ0) is 28.0. The maximum Gasteiger partial charge on any atom is 0.255 e. The van der Waals surface area contributed by atoms with Gasteiger partial charge in [0.1, 0.15) is 0 Å². The van der Waals surface area contributed by atoms with E-state index < -0.39 is 61.8 Å². The van der Waals surface area contributed by atoms with E-state index >= 15 is 0 Å². The number of rotatable bonds is 7. The molecule has 2 unspecified atom stereocenters. The molecule has 0 spiro atoms. The van der Waals surface area contributed by atoms with Crippen molar-refractivity contribution >= 4 is 38.9 Å². The van der Waals surface area contributed by atoms with E-state index in [9.17, 15) is 36.3 Å². The summed E-state index contributed by atoms with van der Waals surface area (Å²) >= 11 is 6.24. The normalized spacial score (nSPS) is 26.7. The molecule has 2 aromatic carbocycles. The summed E-state index contributed by atoms with van der Waals surface area (Å²) in [6.45, 7) is 1.66. The molecule has 38 heavy (non-hydrogen) atoms. The van der Waals surface area contributed by atoms with Crippen LogP contribution in [0.1, 0.15) is 36.5 Å². The molecule has 0 heterocycles. The second-order valence-corrected chi connectivity index (χ2v) is 12.6. The average molecular weight is 574 g/mol. The molecule has 0 aromatic heterocycles. The first-order valence-electron chi connectivity index (χ1n) is 12.0. The van der Waals surface area contributed by atoms with Gasteiger partial charge in [0.25, 0.3) is 5.91 Å². The Bertz CT molecular complexity index is 1370. The second-order valence-electron chi connectivity index (χ2n) is 9.98. The highest BCUT2D eigenvalue weighted by Gasteiger charge is 2.58. The van der Waals surface area contributed by atoms with Crippen molar-refractivity contribution in [2.45, 2.75) is 41.9 Å². The Morgan fingerprint density at radius 1 is 1.13 bits per heavy atom. The van der Waals surface area contributed by atoms with Crippen molar-refractivity contribution in [3.63, 3.8) is 0 Å². The highest BCUT2D eigenvalue weighted by molar-refractivity contribution is 7.92. The number of hydrogen-bond donors (Lipinski definition) is 4. The van der Waals surface area contributed by atoms with Crippen molar-refractivity contribution < 1.29 is 36.3 Å². The molecule has 2 aliphatic carbocycles. The molecule has 2 fully saturated rings. The van der Waals surface area contributed by atoms with Gasteiger partial charge in [-0.15, -0.1) is 0 Å². The second kappa shape index (κ2) is 10.5. The number of anilines is 1. The van der Waals surface area contributed by atoms with Crippen molar-refractivity contribution in [1.82, 2.24) is 5.32 Å². The Kier molecular flexibility index (Phi) is 7.81. The van der Waals surface area contributed by atoms with E-state index in [0.717, 1.165) is 6.07 Å².